The second-order valence-electron chi connectivity index (χ2n) is 8.76. The molecule has 3 atom stereocenters. The lowest BCUT2D eigenvalue weighted by Crippen LogP contribution is -2.52. The summed E-state index contributed by atoms with van der Waals surface area (Å²) in [6.07, 6.45) is 3.80. The highest BCUT2D eigenvalue weighted by atomic mass is 32.2. The molecule has 1 aromatic rings. The maximum Gasteiger partial charge on any atom is 0.309 e. The molecule has 0 saturated heterocycles. The zero-order valence-electron chi connectivity index (χ0n) is 15.9. The fourth-order valence-corrected chi connectivity index (χ4v) is 6.31. The third-order valence-electron chi connectivity index (χ3n) is 6.87. The number of fused-ring (bicyclic) bond motifs is 3. The first-order valence-electron chi connectivity index (χ1n) is 9.29. The van der Waals surface area contributed by atoms with Crippen LogP contribution in [0.3, 0.4) is 0 Å². The molecule has 0 aromatic heterocycles. The largest absolute Gasteiger partial charge is 0.481 e. The lowest BCUT2D eigenvalue weighted by atomic mass is 9.50. The van der Waals surface area contributed by atoms with Crippen molar-refractivity contribution in [1.82, 2.24) is 0 Å². The monoisotopic (exact) mass is 380 g/mol. The highest BCUT2D eigenvalue weighted by Crippen LogP contribution is 2.57. The number of benzene rings is 1. The van der Waals surface area contributed by atoms with Crippen LogP contribution in [0.25, 0.3) is 0 Å². The number of hydrogen-bond donors (Lipinski definition) is 2. The first-order chi connectivity index (χ1) is 11.9. The Kier molecular flexibility index (Phi) is 4.51. The molecule has 0 aliphatic heterocycles. The Hall–Kier alpha value is -1.40. The predicted molar refractivity (Wildman–Crippen MR) is 99.1 cm³/mol. The molecule has 6 heteroatoms. The summed E-state index contributed by atoms with van der Waals surface area (Å²) in [4.78, 5) is 12.0. The standard InChI is InChI=1S/C20H28O5S/c1-12(2)14-10-13-6-7-17-19(3,8-5-9-20(17,4)18(21)22)15(13)11-16(14)26(23,24)25/h10-12,17H,5-9H2,1-4H3,(H,21,22)(H,23,24,25)/t17-,19?,20?/m1/s1. The third-order valence-corrected chi connectivity index (χ3v) is 7.78. The van der Waals surface area contributed by atoms with E-state index in [1.807, 2.05) is 26.8 Å². The summed E-state index contributed by atoms with van der Waals surface area (Å²) in [6, 6.07) is 3.54. The van der Waals surface area contributed by atoms with Crippen LogP contribution in [0.2, 0.25) is 0 Å². The molecule has 0 bridgehead atoms. The Morgan fingerprint density at radius 3 is 2.42 bits per heavy atom. The lowest BCUT2D eigenvalue weighted by Gasteiger charge is -2.53. The minimum Gasteiger partial charge on any atom is -0.481 e. The molecule has 26 heavy (non-hydrogen) atoms. The van der Waals surface area contributed by atoms with E-state index in [9.17, 15) is 22.9 Å². The number of aryl methyl sites for hydroxylation is 1. The van der Waals surface area contributed by atoms with Crippen molar-refractivity contribution < 1.29 is 22.9 Å². The summed E-state index contributed by atoms with van der Waals surface area (Å²) in [7, 11) is -4.34. The van der Waals surface area contributed by atoms with E-state index < -0.39 is 26.9 Å². The Balaban J connectivity index is 2.24. The van der Waals surface area contributed by atoms with Gasteiger partial charge >= 0.3 is 5.97 Å². The summed E-state index contributed by atoms with van der Waals surface area (Å²) >= 11 is 0. The van der Waals surface area contributed by atoms with E-state index in [1.165, 1.54) is 0 Å². The van der Waals surface area contributed by atoms with Gasteiger partial charge < -0.3 is 5.11 Å². The number of carboxylic acids is 1. The molecule has 1 aromatic carbocycles. The number of aliphatic carboxylic acids is 1. The molecule has 1 fully saturated rings. The normalized spacial score (nSPS) is 31.4. The Labute approximate surface area is 155 Å². The van der Waals surface area contributed by atoms with Crippen LogP contribution in [0.5, 0.6) is 0 Å². The maximum absolute atomic E-state index is 12.0. The first kappa shape index (κ1) is 19.4. The van der Waals surface area contributed by atoms with E-state index in [1.54, 1.807) is 6.07 Å². The van der Waals surface area contributed by atoms with Crippen molar-refractivity contribution in [2.45, 2.75) is 76.0 Å². The van der Waals surface area contributed by atoms with E-state index in [4.69, 9.17) is 0 Å². The van der Waals surface area contributed by atoms with Gasteiger partial charge in [-0.15, -0.1) is 0 Å². The molecule has 2 aliphatic carbocycles. The minimum atomic E-state index is -4.34. The molecular weight excluding hydrogens is 352 g/mol. The summed E-state index contributed by atoms with van der Waals surface area (Å²) in [5.74, 6) is -0.850. The third kappa shape index (κ3) is 2.78. The molecule has 0 radical (unpaired) electrons. The van der Waals surface area contributed by atoms with Crippen molar-refractivity contribution in [3.8, 4) is 0 Å². The number of carbonyl (C=O) groups is 1. The van der Waals surface area contributed by atoms with Gasteiger partial charge in [-0.3, -0.25) is 9.35 Å². The van der Waals surface area contributed by atoms with Gasteiger partial charge in [-0.2, -0.15) is 8.42 Å². The number of hydrogen-bond acceptors (Lipinski definition) is 3. The van der Waals surface area contributed by atoms with Gasteiger partial charge in [-0.05, 0) is 72.6 Å². The molecule has 0 amide bonds. The first-order valence-corrected chi connectivity index (χ1v) is 10.7. The zero-order valence-corrected chi connectivity index (χ0v) is 16.7. The van der Waals surface area contributed by atoms with Crippen LogP contribution in [0.15, 0.2) is 17.0 Å². The molecular formula is C20H28O5S. The second kappa shape index (κ2) is 6.06. The van der Waals surface area contributed by atoms with Crippen LogP contribution >= 0.6 is 0 Å². The highest BCUT2D eigenvalue weighted by molar-refractivity contribution is 7.85. The van der Waals surface area contributed by atoms with Gasteiger partial charge in [0.05, 0.1) is 10.3 Å². The summed E-state index contributed by atoms with van der Waals surface area (Å²) < 4.78 is 33.8. The average Bonchev–Trinajstić information content (AvgIpc) is 2.52. The van der Waals surface area contributed by atoms with E-state index in [0.717, 1.165) is 36.8 Å². The number of carboxylic acid groups (broad SMARTS) is 1. The highest BCUT2D eigenvalue weighted by Gasteiger charge is 2.55. The van der Waals surface area contributed by atoms with E-state index >= 15 is 0 Å². The molecule has 0 spiro atoms. The van der Waals surface area contributed by atoms with Gasteiger partial charge in [-0.25, -0.2) is 0 Å². The molecule has 2 unspecified atom stereocenters. The molecule has 5 nitrogen and oxygen atoms in total. The maximum atomic E-state index is 12.0. The van der Waals surface area contributed by atoms with E-state index in [0.29, 0.717) is 12.0 Å². The summed E-state index contributed by atoms with van der Waals surface area (Å²) in [6.45, 7) is 7.71. The lowest BCUT2D eigenvalue weighted by molar-refractivity contribution is -0.157. The van der Waals surface area contributed by atoms with Crippen molar-refractivity contribution in [2.24, 2.45) is 11.3 Å². The van der Waals surface area contributed by atoms with Crippen molar-refractivity contribution in [2.75, 3.05) is 0 Å². The predicted octanol–water partition coefficient (Wildman–Crippen LogP) is 4.15. The van der Waals surface area contributed by atoms with Crippen LogP contribution in [0.1, 0.15) is 76.0 Å². The van der Waals surface area contributed by atoms with Gasteiger partial charge in [0.25, 0.3) is 10.1 Å². The van der Waals surface area contributed by atoms with Gasteiger partial charge in [0.1, 0.15) is 0 Å². The van der Waals surface area contributed by atoms with Crippen LogP contribution in [-0.4, -0.2) is 24.0 Å². The van der Waals surface area contributed by atoms with Gasteiger partial charge in [0.15, 0.2) is 0 Å². The fraction of sp³-hybridized carbons (Fsp3) is 0.650. The van der Waals surface area contributed by atoms with E-state index in [2.05, 4.69) is 6.92 Å². The average molecular weight is 381 g/mol. The Bertz CT molecular complexity index is 857. The molecule has 2 N–H and O–H groups in total. The molecule has 2 aliphatic rings. The smallest absolute Gasteiger partial charge is 0.309 e. The molecule has 144 valence electrons. The number of rotatable bonds is 3. The summed E-state index contributed by atoms with van der Waals surface area (Å²) in [5, 5.41) is 9.86. The topological polar surface area (TPSA) is 91.7 Å². The van der Waals surface area contributed by atoms with Gasteiger partial charge in [0.2, 0.25) is 0 Å². The van der Waals surface area contributed by atoms with Crippen molar-refractivity contribution in [3.63, 3.8) is 0 Å². The second-order valence-corrected chi connectivity index (χ2v) is 10.2. The van der Waals surface area contributed by atoms with Crippen LogP contribution in [0, 0.1) is 11.3 Å². The Morgan fingerprint density at radius 2 is 1.88 bits per heavy atom. The fourth-order valence-electron chi connectivity index (χ4n) is 5.45. The van der Waals surface area contributed by atoms with Gasteiger partial charge in [0, 0.05) is 0 Å². The van der Waals surface area contributed by atoms with Crippen LogP contribution in [-0.2, 0) is 26.7 Å². The SMILES string of the molecule is CC(C)c1cc2c(cc1S(=O)(=O)O)C1(C)CCCC(C)(C(=O)O)[C@@H]1CC2. The van der Waals surface area contributed by atoms with Crippen molar-refractivity contribution in [1.29, 1.82) is 0 Å². The molecule has 0 heterocycles. The zero-order chi connectivity index (χ0) is 19.5. The minimum absolute atomic E-state index is 0.0293. The molecule has 1 saturated carbocycles. The van der Waals surface area contributed by atoms with Gasteiger partial charge in [-0.1, -0.05) is 33.3 Å². The quantitative estimate of drug-likeness (QED) is 0.769. The van der Waals surface area contributed by atoms with Crippen molar-refractivity contribution in [3.05, 3.63) is 28.8 Å². The summed E-state index contributed by atoms with van der Waals surface area (Å²) in [5.41, 5.74) is 1.42. The Morgan fingerprint density at radius 1 is 1.23 bits per heavy atom. The van der Waals surface area contributed by atoms with Crippen molar-refractivity contribution >= 4 is 16.1 Å². The van der Waals surface area contributed by atoms with E-state index in [-0.39, 0.29) is 16.7 Å². The van der Waals surface area contributed by atoms with Crippen LogP contribution < -0.4 is 0 Å². The molecule has 3 rings (SSSR count). The van der Waals surface area contributed by atoms with Crippen LogP contribution in [0.4, 0.5) is 0 Å².